The fraction of sp³-hybridized carbons (Fsp3) is 0.286. The van der Waals surface area contributed by atoms with Gasteiger partial charge in [0, 0.05) is 24.7 Å². The first-order chi connectivity index (χ1) is 9.13. The van der Waals surface area contributed by atoms with Crippen LogP contribution in [0, 0.1) is 11.3 Å². The van der Waals surface area contributed by atoms with Crippen molar-refractivity contribution in [3.05, 3.63) is 34.9 Å². The van der Waals surface area contributed by atoms with E-state index in [2.05, 4.69) is 0 Å². The number of carbonyl (C=O) groups excluding carboxylic acids is 1. The summed E-state index contributed by atoms with van der Waals surface area (Å²) < 4.78 is 5.18. The second kappa shape index (κ2) is 5.77. The molecule has 4 nitrogen and oxygen atoms in total. The molecule has 0 spiro atoms. The Morgan fingerprint density at radius 3 is 3.00 bits per heavy atom. The lowest BCUT2D eigenvalue weighted by Crippen LogP contribution is -2.27. The monoisotopic (exact) mass is 276 g/mol. The molecule has 0 fully saturated rings. The molecular formula is C14H13ClN2O2. The van der Waals surface area contributed by atoms with Crippen LogP contribution in [0.2, 0.25) is 5.02 Å². The Labute approximate surface area is 116 Å². The number of hydrogen-bond donors (Lipinski definition) is 0. The first-order valence-corrected chi connectivity index (χ1v) is 6.27. The Bertz CT molecular complexity index is 575. The number of halogens is 1. The van der Waals surface area contributed by atoms with Gasteiger partial charge in [0.2, 0.25) is 5.91 Å². The van der Waals surface area contributed by atoms with Crippen LogP contribution in [0.1, 0.15) is 18.4 Å². The van der Waals surface area contributed by atoms with Crippen LogP contribution in [-0.2, 0) is 4.79 Å². The third-order valence-corrected chi connectivity index (χ3v) is 3.26. The van der Waals surface area contributed by atoms with Gasteiger partial charge in [0.25, 0.3) is 0 Å². The molecule has 1 aromatic carbocycles. The minimum Gasteiger partial charge on any atom is -0.479 e. The number of benzene rings is 1. The largest absolute Gasteiger partial charge is 0.479 e. The SMILES string of the molecule is CN1C(=O)CCC=C1c1ccc(OCC#N)cc1Cl. The van der Waals surface area contributed by atoms with Crippen LogP contribution in [0.5, 0.6) is 5.75 Å². The molecule has 2 rings (SSSR count). The summed E-state index contributed by atoms with van der Waals surface area (Å²) in [5.74, 6) is 0.624. The number of hydrogen-bond acceptors (Lipinski definition) is 3. The number of amides is 1. The zero-order chi connectivity index (χ0) is 13.8. The Hall–Kier alpha value is -1.99. The lowest BCUT2D eigenvalue weighted by molar-refractivity contribution is -0.127. The summed E-state index contributed by atoms with van der Waals surface area (Å²) in [7, 11) is 1.74. The van der Waals surface area contributed by atoms with Crippen LogP contribution in [0.4, 0.5) is 0 Å². The van der Waals surface area contributed by atoms with Gasteiger partial charge in [0.15, 0.2) is 6.61 Å². The van der Waals surface area contributed by atoms with Crippen LogP contribution in [-0.4, -0.2) is 24.5 Å². The van der Waals surface area contributed by atoms with E-state index in [9.17, 15) is 4.79 Å². The zero-order valence-electron chi connectivity index (χ0n) is 10.5. The van der Waals surface area contributed by atoms with E-state index in [4.69, 9.17) is 21.6 Å². The van der Waals surface area contributed by atoms with Gasteiger partial charge >= 0.3 is 0 Å². The minimum absolute atomic E-state index is 0.0171. The van der Waals surface area contributed by atoms with Crippen molar-refractivity contribution in [1.82, 2.24) is 4.90 Å². The van der Waals surface area contributed by atoms with Gasteiger partial charge in [0.05, 0.1) is 5.02 Å². The van der Waals surface area contributed by atoms with E-state index < -0.39 is 0 Å². The molecule has 1 heterocycles. The molecule has 0 N–H and O–H groups in total. The molecule has 0 aromatic heterocycles. The molecule has 0 aliphatic carbocycles. The first-order valence-electron chi connectivity index (χ1n) is 5.90. The van der Waals surface area contributed by atoms with Gasteiger partial charge in [-0.2, -0.15) is 5.26 Å². The molecule has 0 saturated carbocycles. The normalized spacial score (nSPS) is 14.9. The standard InChI is InChI=1S/C14H13ClN2O2/c1-17-13(3-2-4-14(17)18)11-6-5-10(9-12(11)15)19-8-7-16/h3,5-6,9H,2,4,8H2,1H3. The maximum Gasteiger partial charge on any atom is 0.227 e. The van der Waals surface area contributed by atoms with Crippen LogP contribution < -0.4 is 4.74 Å². The average Bonchev–Trinajstić information content (AvgIpc) is 2.40. The van der Waals surface area contributed by atoms with E-state index in [1.165, 1.54) is 0 Å². The molecule has 0 atom stereocenters. The second-order valence-electron chi connectivity index (χ2n) is 4.17. The van der Waals surface area contributed by atoms with Gasteiger partial charge < -0.3 is 9.64 Å². The third kappa shape index (κ3) is 2.88. The van der Waals surface area contributed by atoms with Gasteiger partial charge in [-0.05, 0) is 24.6 Å². The Morgan fingerprint density at radius 1 is 1.53 bits per heavy atom. The topological polar surface area (TPSA) is 53.3 Å². The highest BCUT2D eigenvalue weighted by Crippen LogP contribution is 2.32. The Balaban J connectivity index is 2.29. The lowest BCUT2D eigenvalue weighted by atomic mass is 10.0. The molecule has 1 aliphatic heterocycles. The number of carbonyl (C=O) groups is 1. The summed E-state index contributed by atoms with van der Waals surface area (Å²) >= 11 is 6.21. The number of rotatable bonds is 3. The molecule has 0 unspecified atom stereocenters. The fourth-order valence-electron chi connectivity index (χ4n) is 1.97. The van der Waals surface area contributed by atoms with Crippen molar-refractivity contribution in [3.63, 3.8) is 0 Å². The van der Waals surface area contributed by atoms with Gasteiger partial charge in [-0.25, -0.2) is 0 Å². The van der Waals surface area contributed by atoms with Gasteiger partial charge in [-0.3, -0.25) is 4.79 Å². The number of allylic oxidation sites excluding steroid dienone is 1. The summed E-state index contributed by atoms with van der Waals surface area (Å²) in [4.78, 5) is 13.3. The van der Waals surface area contributed by atoms with E-state index in [1.54, 1.807) is 30.1 Å². The Morgan fingerprint density at radius 2 is 2.32 bits per heavy atom. The highest BCUT2D eigenvalue weighted by atomic mass is 35.5. The van der Waals surface area contributed by atoms with Crippen LogP contribution >= 0.6 is 11.6 Å². The first kappa shape index (κ1) is 13.4. The van der Waals surface area contributed by atoms with E-state index in [-0.39, 0.29) is 12.5 Å². The van der Waals surface area contributed by atoms with Crippen molar-refractivity contribution in [2.45, 2.75) is 12.8 Å². The molecular weight excluding hydrogens is 264 g/mol. The molecule has 0 bridgehead atoms. The van der Waals surface area contributed by atoms with Crippen molar-refractivity contribution in [2.75, 3.05) is 13.7 Å². The molecule has 19 heavy (non-hydrogen) atoms. The maximum atomic E-state index is 11.7. The summed E-state index contributed by atoms with van der Waals surface area (Å²) in [6.45, 7) is -0.0171. The summed E-state index contributed by atoms with van der Waals surface area (Å²) in [6.07, 6.45) is 3.25. The fourth-order valence-corrected chi connectivity index (χ4v) is 2.24. The smallest absolute Gasteiger partial charge is 0.227 e. The van der Waals surface area contributed by atoms with Crippen molar-refractivity contribution in [3.8, 4) is 11.8 Å². The molecule has 5 heteroatoms. The van der Waals surface area contributed by atoms with E-state index in [1.807, 2.05) is 12.1 Å². The van der Waals surface area contributed by atoms with Gasteiger partial charge in [0.1, 0.15) is 11.8 Å². The molecule has 98 valence electrons. The minimum atomic E-state index is -0.0171. The highest BCUT2D eigenvalue weighted by Gasteiger charge is 2.20. The molecule has 1 aromatic rings. The van der Waals surface area contributed by atoms with E-state index >= 15 is 0 Å². The quantitative estimate of drug-likeness (QED) is 0.853. The van der Waals surface area contributed by atoms with Crippen molar-refractivity contribution in [1.29, 1.82) is 5.26 Å². The van der Waals surface area contributed by atoms with Crippen molar-refractivity contribution in [2.24, 2.45) is 0 Å². The molecule has 1 aliphatic rings. The second-order valence-corrected chi connectivity index (χ2v) is 4.58. The molecule has 0 saturated heterocycles. The van der Waals surface area contributed by atoms with Crippen LogP contribution in [0.25, 0.3) is 5.70 Å². The highest BCUT2D eigenvalue weighted by molar-refractivity contribution is 6.32. The van der Waals surface area contributed by atoms with Crippen molar-refractivity contribution < 1.29 is 9.53 Å². The van der Waals surface area contributed by atoms with E-state index in [0.29, 0.717) is 17.2 Å². The molecule has 1 amide bonds. The predicted molar refractivity (Wildman–Crippen MR) is 72.5 cm³/mol. The number of ether oxygens (including phenoxy) is 1. The maximum absolute atomic E-state index is 11.7. The zero-order valence-corrected chi connectivity index (χ0v) is 11.3. The van der Waals surface area contributed by atoms with Crippen molar-refractivity contribution >= 4 is 23.2 Å². The van der Waals surface area contributed by atoms with Gasteiger partial charge in [-0.15, -0.1) is 0 Å². The molecule has 0 radical (unpaired) electrons. The average molecular weight is 277 g/mol. The summed E-state index contributed by atoms with van der Waals surface area (Å²) in [6, 6.07) is 7.10. The Kier molecular flexibility index (Phi) is 4.08. The summed E-state index contributed by atoms with van der Waals surface area (Å²) in [5, 5.41) is 8.96. The lowest BCUT2D eigenvalue weighted by Gasteiger charge is -2.25. The third-order valence-electron chi connectivity index (χ3n) is 2.95. The predicted octanol–water partition coefficient (Wildman–Crippen LogP) is 2.84. The van der Waals surface area contributed by atoms with Crippen LogP contribution in [0.15, 0.2) is 24.3 Å². The summed E-state index contributed by atoms with van der Waals surface area (Å²) in [5.41, 5.74) is 1.61. The van der Waals surface area contributed by atoms with E-state index in [0.717, 1.165) is 17.7 Å². The van der Waals surface area contributed by atoms with Gasteiger partial charge in [-0.1, -0.05) is 17.7 Å². The van der Waals surface area contributed by atoms with Crippen LogP contribution in [0.3, 0.4) is 0 Å². The number of nitrogens with zero attached hydrogens (tertiary/aromatic N) is 2. The number of nitriles is 1.